The van der Waals surface area contributed by atoms with Crippen molar-refractivity contribution in [2.45, 2.75) is 43.8 Å². The number of carbonyl (C=O) groups excluding carboxylic acids is 3. The first kappa shape index (κ1) is 26.4. The first-order valence-electron chi connectivity index (χ1n) is 9.99. The molecule has 0 aromatic heterocycles. The van der Waals surface area contributed by atoms with Gasteiger partial charge in [0.1, 0.15) is 18.6 Å². The predicted molar refractivity (Wildman–Crippen MR) is 119 cm³/mol. The van der Waals surface area contributed by atoms with Gasteiger partial charge in [-0.05, 0) is 37.8 Å². The molecule has 3 unspecified atom stereocenters. The number of amides is 3. The number of rotatable bonds is 14. The van der Waals surface area contributed by atoms with Crippen molar-refractivity contribution >= 4 is 36.3 Å². The van der Waals surface area contributed by atoms with Gasteiger partial charge in [-0.1, -0.05) is 30.3 Å². The standard InChI is InChI=1S/C20H31N5O5S/c21-9-5-4-8-15(20(30)25-16(12-31)19(29)23-11-17(26)27)24-18(28)14(22)10-13-6-2-1-3-7-13/h1-3,6-7,14-16,31H,4-5,8-12,21-22H2,(H,23,29)(H,24,28)(H,25,30)(H,26,27). The second kappa shape index (κ2) is 14.4. The van der Waals surface area contributed by atoms with Crippen LogP contribution in [0.15, 0.2) is 30.3 Å². The fourth-order valence-corrected chi connectivity index (χ4v) is 3.01. The van der Waals surface area contributed by atoms with Crippen molar-refractivity contribution in [3.05, 3.63) is 35.9 Å². The van der Waals surface area contributed by atoms with Gasteiger partial charge in [-0.25, -0.2) is 0 Å². The van der Waals surface area contributed by atoms with Gasteiger partial charge < -0.3 is 32.5 Å². The Labute approximate surface area is 186 Å². The second-order valence-corrected chi connectivity index (χ2v) is 7.36. The number of thiol groups is 1. The predicted octanol–water partition coefficient (Wildman–Crippen LogP) is -1.21. The van der Waals surface area contributed by atoms with Crippen LogP contribution in [0.3, 0.4) is 0 Å². The van der Waals surface area contributed by atoms with Crippen LogP contribution in [0.2, 0.25) is 0 Å². The molecule has 11 heteroatoms. The molecule has 0 aliphatic rings. The maximum atomic E-state index is 12.7. The molecule has 1 aromatic carbocycles. The molecule has 0 heterocycles. The molecule has 0 spiro atoms. The summed E-state index contributed by atoms with van der Waals surface area (Å²) >= 11 is 4.04. The molecule has 3 amide bonds. The van der Waals surface area contributed by atoms with E-state index in [1.165, 1.54) is 0 Å². The zero-order valence-electron chi connectivity index (χ0n) is 17.3. The maximum absolute atomic E-state index is 12.7. The molecule has 0 fully saturated rings. The number of carboxylic acids is 1. The lowest BCUT2D eigenvalue weighted by Gasteiger charge is -2.23. The summed E-state index contributed by atoms with van der Waals surface area (Å²) in [6, 6.07) is 6.42. The van der Waals surface area contributed by atoms with Crippen LogP contribution in [0.1, 0.15) is 24.8 Å². The Morgan fingerprint density at radius 1 is 0.968 bits per heavy atom. The topological polar surface area (TPSA) is 177 Å². The SMILES string of the molecule is NCCCCC(NC(=O)C(N)Cc1ccccc1)C(=O)NC(CS)C(=O)NCC(=O)O. The number of hydrogen-bond acceptors (Lipinski definition) is 7. The van der Waals surface area contributed by atoms with E-state index in [2.05, 4.69) is 28.6 Å². The van der Waals surface area contributed by atoms with Crippen molar-refractivity contribution in [1.82, 2.24) is 16.0 Å². The van der Waals surface area contributed by atoms with Crippen molar-refractivity contribution in [2.75, 3.05) is 18.8 Å². The third kappa shape index (κ3) is 10.3. The van der Waals surface area contributed by atoms with Gasteiger partial charge in [0.05, 0.1) is 6.04 Å². The molecule has 0 bridgehead atoms. The molecule has 3 atom stereocenters. The molecule has 1 aromatic rings. The van der Waals surface area contributed by atoms with Gasteiger partial charge in [0.15, 0.2) is 0 Å². The first-order valence-corrected chi connectivity index (χ1v) is 10.6. The Kier molecular flexibility index (Phi) is 12.3. The molecule has 0 saturated carbocycles. The normalized spacial score (nSPS) is 13.5. The molecule has 31 heavy (non-hydrogen) atoms. The van der Waals surface area contributed by atoms with Crippen molar-refractivity contribution in [3.63, 3.8) is 0 Å². The number of carboxylic acid groups (broad SMARTS) is 1. The summed E-state index contributed by atoms with van der Waals surface area (Å²) in [5.74, 6) is -3.01. The largest absolute Gasteiger partial charge is 0.480 e. The first-order chi connectivity index (χ1) is 14.8. The molecular weight excluding hydrogens is 422 g/mol. The van der Waals surface area contributed by atoms with Crippen molar-refractivity contribution in [2.24, 2.45) is 11.5 Å². The van der Waals surface area contributed by atoms with Gasteiger partial charge in [0.2, 0.25) is 17.7 Å². The van der Waals surface area contributed by atoms with E-state index in [4.69, 9.17) is 16.6 Å². The lowest BCUT2D eigenvalue weighted by atomic mass is 10.0. The average Bonchev–Trinajstić information content (AvgIpc) is 2.75. The van der Waals surface area contributed by atoms with Crippen LogP contribution in [0.4, 0.5) is 0 Å². The smallest absolute Gasteiger partial charge is 0.322 e. The lowest BCUT2D eigenvalue weighted by molar-refractivity contribution is -0.138. The Morgan fingerprint density at radius 2 is 1.61 bits per heavy atom. The summed E-state index contributed by atoms with van der Waals surface area (Å²) in [5, 5.41) is 16.0. The fraction of sp³-hybridized carbons (Fsp3) is 0.500. The molecule has 10 nitrogen and oxygen atoms in total. The molecule has 1 rings (SSSR count). The number of benzene rings is 1. The quantitative estimate of drug-likeness (QED) is 0.136. The average molecular weight is 454 g/mol. The molecule has 0 aliphatic heterocycles. The summed E-state index contributed by atoms with van der Waals surface area (Å²) in [5.41, 5.74) is 12.4. The third-order valence-electron chi connectivity index (χ3n) is 4.44. The van der Waals surface area contributed by atoms with Crippen molar-refractivity contribution < 1.29 is 24.3 Å². The number of nitrogens with two attached hydrogens (primary N) is 2. The molecule has 0 radical (unpaired) electrons. The van der Waals surface area contributed by atoms with Gasteiger partial charge >= 0.3 is 5.97 Å². The minimum absolute atomic E-state index is 0.0474. The zero-order chi connectivity index (χ0) is 23.2. The van der Waals surface area contributed by atoms with E-state index in [1.54, 1.807) is 0 Å². The van der Waals surface area contributed by atoms with Crippen LogP contribution in [0.25, 0.3) is 0 Å². The van der Waals surface area contributed by atoms with Crippen LogP contribution >= 0.6 is 12.6 Å². The minimum Gasteiger partial charge on any atom is -0.480 e. The van der Waals surface area contributed by atoms with E-state index in [-0.39, 0.29) is 5.75 Å². The summed E-state index contributed by atoms with van der Waals surface area (Å²) in [6.07, 6.45) is 1.86. The van der Waals surface area contributed by atoms with Crippen molar-refractivity contribution in [1.29, 1.82) is 0 Å². The Hall–Kier alpha value is -2.63. The Balaban J connectivity index is 2.76. The highest BCUT2D eigenvalue weighted by Gasteiger charge is 2.27. The number of nitrogens with one attached hydrogen (secondary N) is 3. The molecule has 0 saturated heterocycles. The summed E-state index contributed by atoms with van der Waals surface area (Å²) in [7, 11) is 0. The second-order valence-electron chi connectivity index (χ2n) is 7.00. The van der Waals surface area contributed by atoms with Gasteiger partial charge in [-0.2, -0.15) is 12.6 Å². The van der Waals surface area contributed by atoms with E-state index in [0.717, 1.165) is 5.56 Å². The van der Waals surface area contributed by atoms with Crippen molar-refractivity contribution in [3.8, 4) is 0 Å². The van der Waals surface area contributed by atoms with Crippen LogP contribution in [0, 0.1) is 0 Å². The van der Waals surface area contributed by atoms with Crippen LogP contribution in [0.5, 0.6) is 0 Å². The van der Waals surface area contributed by atoms with Crippen LogP contribution < -0.4 is 27.4 Å². The minimum atomic E-state index is -1.21. The highest BCUT2D eigenvalue weighted by Crippen LogP contribution is 2.05. The molecule has 172 valence electrons. The summed E-state index contributed by atoms with van der Waals surface area (Å²) in [6.45, 7) is -0.142. The summed E-state index contributed by atoms with van der Waals surface area (Å²) < 4.78 is 0. The summed E-state index contributed by atoms with van der Waals surface area (Å²) in [4.78, 5) is 48.0. The third-order valence-corrected chi connectivity index (χ3v) is 4.81. The monoisotopic (exact) mass is 453 g/mol. The lowest BCUT2D eigenvalue weighted by Crippen LogP contribution is -2.56. The maximum Gasteiger partial charge on any atom is 0.322 e. The van der Waals surface area contributed by atoms with Gasteiger partial charge in [0, 0.05) is 5.75 Å². The van der Waals surface area contributed by atoms with Gasteiger partial charge in [0.25, 0.3) is 0 Å². The Morgan fingerprint density at radius 3 is 2.19 bits per heavy atom. The van der Waals surface area contributed by atoms with Crippen LogP contribution in [-0.4, -0.2) is 65.8 Å². The van der Waals surface area contributed by atoms with Gasteiger partial charge in [-0.3, -0.25) is 19.2 Å². The van der Waals surface area contributed by atoms with Gasteiger partial charge in [-0.15, -0.1) is 0 Å². The Bertz CT molecular complexity index is 734. The van der Waals surface area contributed by atoms with E-state index < -0.39 is 48.4 Å². The highest BCUT2D eigenvalue weighted by atomic mass is 32.1. The molecular formula is C20H31N5O5S. The van der Waals surface area contributed by atoms with E-state index >= 15 is 0 Å². The van der Waals surface area contributed by atoms with Crippen LogP contribution in [-0.2, 0) is 25.6 Å². The number of aliphatic carboxylic acids is 1. The van der Waals surface area contributed by atoms with E-state index in [9.17, 15) is 19.2 Å². The fourth-order valence-electron chi connectivity index (χ4n) is 2.75. The number of unbranched alkanes of at least 4 members (excludes halogenated alkanes) is 1. The zero-order valence-corrected chi connectivity index (χ0v) is 18.1. The number of carbonyl (C=O) groups is 4. The highest BCUT2D eigenvalue weighted by molar-refractivity contribution is 7.80. The number of hydrogen-bond donors (Lipinski definition) is 7. The van der Waals surface area contributed by atoms with E-state index in [1.807, 2.05) is 30.3 Å². The molecule has 8 N–H and O–H groups in total. The molecule has 0 aliphatic carbocycles. The van der Waals surface area contributed by atoms with E-state index in [0.29, 0.717) is 32.2 Å².